The van der Waals surface area contributed by atoms with Crippen molar-refractivity contribution in [2.45, 2.75) is 115 Å². The number of hydrogen-bond acceptors (Lipinski definition) is 6. The first-order valence-electron chi connectivity index (χ1n) is 10.6. The Kier molecular flexibility index (Phi) is 26.0. The van der Waals surface area contributed by atoms with E-state index in [2.05, 4.69) is 0 Å². The van der Waals surface area contributed by atoms with Gasteiger partial charge in [-0.15, -0.1) is 0 Å². The molecule has 0 radical (unpaired) electrons. The van der Waals surface area contributed by atoms with Crippen LogP contribution in [0, 0.1) is 0 Å². The molecule has 0 saturated carbocycles. The molecule has 0 saturated heterocycles. The number of carbonyl (C=O) groups is 1. The van der Waals surface area contributed by atoms with Crippen molar-refractivity contribution >= 4 is 5.78 Å². The standard InChI is InChI=1S/C20H42N2O3.O.Ti/c21-20(22)16-14-12-10-8-6-4-2-1-3-5-7-9-11-13-15-18(24)19(25)17-23;;/h19-20,23,25H,1-17,21-22H2;;. The van der Waals surface area contributed by atoms with Crippen molar-refractivity contribution in [1.29, 1.82) is 0 Å². The number of nitrogens with two attached hydrogens (primary N) is 2. The molecule has 0 fully saturated rings. The fraction of sp³-hybridized carbons (Fsp3) is 0.950. The molecule has 0 heterocycles. The Morgan fingerprint density at radius 3 is 1.37 bits per heavy atom. The molecule has 0 amide bonds. The number of rotatable bonds is 19. The third-order valence-corrected chi connectivity index (χ3v) is 4.76. The van der Waals surface area contributed by atoms with Crippen molar-refractivity contribution in [2.75, 3.05) is 6.61 Å². The summed E-state index contributed by atoms with van der Waals surface area (Å²) >= 11 is 0.750. The Labute approximate surface area is 177 Å². The minimum atomic E-state index is -1.18. The van der Waals surface area contributed by atoms with Crippen LogP contribution < -0.4 is 11.5 Å². The summed E-state index contributed by atoms with van der Waals surface area (Å²) in [7, 11) is 0. The summed E-state index contributed by atoms with van der Waals surface area (Å²) < 4.78 is 8.25. The fourth-order valence-electron chi connectivity index (χ4n) is 3.07. The van der Waals surface area contributed by atoms with Crippen LogP contribution >= 0.6 is 0 Å². The number of unbranched alkanes of at least 4 members (excludes halogenated alkanes) is 13. The molecule has 0 bridgehead atoms. The average molecular weight is 422 g/mol. The first-order chi connectivity index (χ1) is 13.1. The van der Waals surface area contributed by atoms with E-state index in [1.807, 2.05) is 0 Å². The Morgan fingerprint density at radius 1 is 0.704 bits per heavy atom. The first kappa shape index (κ1) is 29.2. The van der Waals surface area contributed by atoms with Crippen molar-refractivity contribution < 1.29 is 38.7 Å². The molecule has 1 unspecified atom stereocenters. The van der Waals surface area contributed by atoms with Crippen LogP contribution in [0.1, 0.15) is 103 Å². The second kappa shape index (κ2) is 24.1. The number of aliphatic hydroxyl groups excluding tert-OH is 2. The Morgan fingerprint density at radius 2 is 1.04 bits per heavy atom. The fourth-order valence-corrected chi connectivity index (χ4v) is 3.07. The summed E-state index contributed by atoms with van der Waals surface area (Å²) in [5, 5.41) is 17.8. The number of Topliss-reactive ketones (excluding diaryl/α,β-unsaturated/α-hetero) is 1. The van der Waals surface area contributed by atoms with Gasteiger partial charge in [-0.05, 0) is 12.8 Å². The van der Waals surface area contributed by atoms with Gasteiger partial charge in [0, 0.05) is 6.42 Å². The molecule has 0 aliphatic rings. The zero-order chi connectivity index (χ0) is 20.8. The van der Waals surface area contributed by atoms with E-state index in [0.29, 0.717) is 6.42 Å². The van der Waals surface area contributed by atoms with Crippen molar-refractivity contribution in [1.82, 2.24) is 0 Å². The number of aliphatic hydroxyl groups is 2. The van der Waals surface area contributed by atoms with Crippen LogP contribution in [0.5, 0.6) is 0 Å². The van der Waals surface area contributed by atoms with Crippen LogP contribution in [0.2, 0.25) is 0 Å². The summed E-state index contributed by atoms with van der Waals surface area (Å²) in [5.74, 6) is -0.231. The molecule has 0 aromatic heterocycles. The molecule has 0 aromatic carbocycles. The van der Waals surface area contributed by atoms with Crippen molar-refractivity contribution in [3.63, 3.8) is 0 Å². The van der Waals surface area contributed by atoms with Gasteiger partial charge in [-0.25, -0.2) is 0 Å². The topological polar surface area (TPSA) is 127 Å². The Balaban J connectivity index is 0. The molecule has 6 N–H and O–H groups in total. The molecular weight excluding hydrogens is 380 g/mol. The van der Waals surface area contributed by atoms with Crippen molar-refractivity contribution in [2.24, 2.45) is 11.5 Å². The molecule has 0 rings (SSSR count). The van der Waals surface area contributed by atoms with Crippen LogP contribution in [0.4, 0.5) is 0 Å². The van der Waals surface area contributed by atoms with Gasteiger partial charge < -0.3 is 21.7 Å². The van der Waals surface area contributed by atoms with Crippen LogP contribution in [0.3, 0.4) is 0 Å². The molecule has 1 atom stereocenters. The van der Waals surface area contributed by atoms with Crippen LogP contribution in [-0.2, 0) is 28.5 Å². The van der Waals surface area contributed by atoms with E-state index in [1.165, 1.54) is 64.2 Å². The predicted molar refractivity (Wildman–Crippen MR) is 105 cm³/mol. The van der Waals surface area contributed by atoms with E-state index in [0.717, 1.165) is 52.5 Å². The normalized spacial score (nSPS) is 11.9. The zero-order valence-electron chi connectivity index (χ0n) is 17.0. The van der Waals surface area contributed by atoms with Crippen molar-refractivity contribution in [3.05, 3.63) is 0 Å². The summed E-state index contributed by atoms with van der Waals surface area (Å²) in [4.78, 5) is 11.3. The summed E-state index contributed by atoms with van der Waals surface area (Å²) in [6.45, 7) is -0.457. The zero-order valence-corrected chi connectivity index (χ0v) is 18.6. The quantitative estimate of drug-likeness (QED) is 0.144. The third kappa shape index (κ3) is 24.0. The third-order valence-electron chi connectivity index (χ3n) is 4.76. The van der Waals surface area contributed by atoms with Gasteiger partial charge in [0.1, 0.15) is 6.10 Å². The molecule has 0 aromatic rings. The molecule has 0 aliphatic carbocycles. The molecule has 0 spiro atoms. The van der Waals surface area contributed by atoms with Gasteiger partial charge in [0.25, 0.3) is 0 Å². The van der Waals surface area contributed by atoms with E-state index in [9.17, 15) is 4.79 Å². The van der Waals surface area contributed by atoms with Gasteiger partial charge in [0.15, 0.2) is 5.78 Å². The Hall–Kier alpha value is 0.0243. The van der Waals surface area contributed by atoms with Crippen LogP contribution in [-0.4, -0.2) is 34.9 Å². The monoisotopic (exact) mass is 422 g/mol. The number of ketones is 1. The van der Waals surface area contributed by atoms with Gasteiger partial charge in [0.2, 0.25) is 0 Å². The Bertz CT molecular complexity index is 320. The summed E-state index contributed by atoms with van der Waals surface area (Å²) in [5.41, 5.74) is 11.0. The van der Waals surface area contributed by atoms with E-state index < -0.39 is 12.7 Å². The van der Waals surface area contributed by atoms with Crippen LogP contribution in [0.25, 0.3) is 0 Å². The SMILES string of the molecule is NC(N)CCCCCCCCCCCCCCCCC(=O)C(O)CO.[O]=[Ti]. The molecule has 0 aliphatic heterocycles. The second-order valence-electron chi connectivity index (χ2n) is 7.32. The minimum absolute atomic E-state index is 0.137. The average Bonchev–Trinajstić information content (AvgIpc) is 2.68. The molecular formula is C20H42N2O4Ti. The van der Waals surface area contributed by atoms with Gasteiger partial charge >= 0.3 is 23.7 Å². The predicted octanol–water partition coefficient (Wildman–Crippen LogP) is 3.27. The number of hydrogen-bond donors (Lipinski definition) is 4. The van der Waals surface area contributed by atoms with E-state index >= 15 is 0 Å². The maximum absolute atomic E-state index is 11.3. The summed E-state index contributed by atoms with van der Waals surface area (Å²) in [6.07, 6.45) is 17.3. The summed E-state index contributed by atoms with van der Waals surface area (Å²) in [6, 6.07) is 0. The first-order valence-corrected chi connectivity index (χ1v) is 11.2. The molecule has 7 heteroatoms. The molecule has 27 heavy (non-hydrogen) atoms. The van der Waals surface area contributed by atoms with Crippen molar-refractivity contribution in [3.8, 4) is 0 Å². The van der Waals surface area contributed by atoms with Gasteiger partial charge in [-0.1, -0.05) is 83.5 Å². The molecule has 6 nitrogen and oxygen atoms in total. The molecule has 160 valence electrons. The second-order valence-corrected chi connectivity index (χ2v) is 7.32. The van der Waals surface area contributed by atoms with E-state index in [4.69, 9.17) is 25.0 Å². The van der Waals surface area contributed by atoms with Gasteiger partial charge in [0.05, 0.1) is 12.8 Å². The van der Waals surface area contributed by atoms with E-state index in [-0.39, 0.29) is 11.9 Å². The van der Waals surface area contributed by atoms with Gasteiger partial charge in [-0.3, -0.25) is 4.79 Å². The van der Waals surface area contributed by atoms with Gasteiger partial charge in [-0.2, -0.15) is 0 Å². The van der Waals surface area contributed by atoms with Crippen LogP contribution in [0.15, 0.2) is 0 Å². The number of carbonyl (C=O) groups excluding carboxylic acids is 1. The maximum atomic E-state index is 11.3. The van der Waals surface area contributed by atoms with E-state index in [1.54, 1.807) is 0 Å².